The molecule has 17 heavy (non-hydrogen) atoms. The van der Waals surface area contributed by atoms with E-state index in [4.69, 9.17) is 5.73 Å². The number of thiazole rings is 1. The summed E-state index contributed by atoms with van der Waals surface area (Å²) in [6.45, 7) is 4.05. The quantitative estimate of drug-likeness (QED) is 0.680. The van der Waals surface area contributed by atoms with Crippen LogP contribution in [0.2, 0.25) is 0 Å². The summed E-state index contributed by atoms with van der Waals surface area (Å²) in [5, 5.41) is 1.05. The standard InChI is InChI=1S/C12H13FN2S2/c1-7-8(2)17-12(15-7)6-16-11-5-9(13)3-4-10(11)14/h3-5H,6,14H2,1-2H3. The summed E-state index contributed by atoms with van der Waals surface area (Å²) in [4.78, 5) is 6.44. The van der Waals surface area contributed by atoms with E-state index in [9.17, 15) is 4.39 Å². The van der Waals surface area contributed by atoms with Gasteiger partial charge in [0.05, 0.1) is 11.4 Å². The van der Waals surface area contributed by atoms with Crippen LogP contribution in [-0.2, 0) is 5.75 Å². The van der Waals surface area contributed by atoms with Crippen molar-refractivity contribution in [2.75, 3.05) is 5.73 Å². The highest BCUT2D eigenvalue weighted by Gasteiger charge is 2.06. The molecule has 1 aromatic carbocycles. The van der Waals surface area contributed by atoms with E-state index in [0.717, 1.165) is 21.3 Å². The minimum atomic E-state index is -0.256. The third kappa shape index (κ3) is 2.98. The van der Waals surface area contributed by atoms with Crippen LogP contribution in [-0.4, -0.2) is 4.98 Å². The number of thioether (sulfide) groups is 1. The van der Waals surface area contributed by atoms with Crippen molar-refractivity contribution in [3.8, 4) is 0 Å². The topological polar surface area (TPSA) is 38.9 Å². The number of nitrogens with two attached hydrogens (primary N) is 1. The van der Waals surface area contributed by atoms with Crippen molar-refractivity contribution in [1.29, 1.82) is 0 Å². The van der Waals surface area contributed by atoms with Crippen LogP contribution in [0.4, 0.5) is 10.1 Å². The first-order valence-electron chi connectivity index (χ1n) is 5.17. The predicted molar refractivity (Wildman–Crippen MR) is 72.0 cm³/mol. The van der Waals surface area contributed by atoms with E-state index in [1.165, 1.54) is 28.8 Å². The summed E-state index contributed by atoms with van der Waals surface area (Å²) in [6, 6.07) is 4.43. The number of nitrogens with zero attached hydrogens (tertiary/aromatic N) is 1. The Morgan fingerprint density at radius 1 is 1.41 bits per heavy atom. The Balaban J connectivity index is 2.09. The zero-order chi connectivity index (χ0) is 12.4. The molecule has 0 saturated heterocycles. The Labute approximate surface area is 108 Å². The predicted octanol–water partition coefficient (Wildman–Crippen LogP) is 3.77. The smallest absolute Gasteiger partial charge is 0.124 e. The number of aryl methyl sites for hydroxylation is 2. The molecule has 0 unspecified atom stereocenters. The number of halogens is 1. The Morgan fingerprint density at radius 3 is 2.82 bits per heavy atom. The summed E-state index contributed by atoms with van der Waals surface area (Å²) in [6.07, 6.45) is 0. The largest absolute Gasteiger partial charge is 0.398 e. The number of benzene rings is 1. The van der Waals surface area contributed by atoms with Gasteiger partial charge in [-0.05, 0) is 32.0 Å². The van der Waals surface area contributed by atoms with E-state index in [2.05, 4.69) is 11.9 Å². The lowest BCUT2D eigenvalue weighted by Gasteiger charge is -2.03. The molecule has 0 amide bonds. The lowest BCUT2D eigenvalue weighted by molar-refractivity contribution is 0.624. The molecule has 1 heterocycles. The summed E-state index contributed by atoms with van der Waals surface area (Å²) >= 11 is 3.20. The lowest BCUT2D eigenvalue weighted by Crippen LogP contribution is -1.90. The van der Waals surface area contributed by atoms with Gasteiger partial charge < -0.3 is 5.73 Å². The fourth-order valence-electron chi connectivity index (χ4n) is 1.37. The second-order valence-corrected chi connectivity index (χ2v) is 6.02. The Morgan fingerprint density at radius 2 is 2.18 bits per heavy atom. The molecule has 0 aliphatic rings. The Bertz CT molecular complexity index is 518. The Hall–Kier alpha value is -1.07. The van der Waals surface area contributed by atoms with Gasteiger partial charge >= 0.3 is 0 Å². The van der Waals surface area contributed by atoms with Gasteiger partial charge in [0.2, 0.25) is 0 Å². The molecule has 0 bridgehead atoms. The molecule has 5 heteroatoms. The van der Waals surface area contributed by atoms with E-state index >= 15 is 0 Å². The van der Waals surface area contributed by atoms with Gasteiger partial charge in [0.15, 0.2) is 0 Å². The molecule has 2 nitrogen and oxygen atoms in total. The molecule has 0 aliphatic carbocycles. The summed E-state index contributed by atoms with van der Waals surface area (Å²) < 4.78 is 13.1. The minimum absolute atomic E-state index is 0.256. The van der Waals surface area contributed by atoms with Gasteiger partial charge in [-0.25, -0.2) is 9.37 Å². The van der Waals surface area contributed by atoms with Crippen LogP contribution >= 0.6 is 23.1 Å². The minimum Gasteiger partial charge on any atom is -0.398 e. The fourth-order valence-corrected chi connectivity index (χ4v) is 3.29. The van der Waals surface area contributed by atoms with Crippen LogP contribution in [0.1, 0.15) is 15.6 Å². The van der Waals surface area contributed by atoms with Crippen molar-refractivity contribution < 1.29 is 4.39 Å². The van der Waals surface area contributed by atoms with Crippen LogP contribution in [0, 0.1) is 19.7 Å². The van der Waals surface area contributed by atoms with Gasteiger partial charge in [-0.3, -0.25) is 0 Å². The third-order valence-corrected chi connectivity index (χ3v) is 4.74. The van der Waals surface area contributed by atoms with E-state index < -0.39 is 0 Å². The van der Waals surface area contributed by atoms with Crippen LogP contribution in [0.25, 0.3) is 0 Å². The van der Waals surface area contributed by atoms with Gasteiger partial charge in [0, 0.05) is 15.5 Å². The highest BCUT2D eigenvalue weighted by Crippen LogP contribution is 2.30. The summed E-state index contributed by atoms with van der Waals surface area (Å²) in [5.74, 6) is 0.473. The van der Waals surface area contributed by atoms with Crippen LogP contribution in [0.3, 0.4) is 0 Å². The van der Waals surface area contributed by atoms with E-state index in [-0.39, 0.29) is 5.82 Å². The molecule has 0 aliphatic heterocycles. The maximum Gasteiger partial charge on any atom is 0.124 e. The van der Waals surface area contributed by atoms with Crippen molar-refractivity contribution in [2.45, 2.75) is 24.5 Å². The van der Waals surface area contributed by atoms with Gasteiger partial charge in [0.1, 0.15) is 10.8 Å². The molecule has 0 atom stereocenters. The molecule has 0 fully saturated rings. The number of rotatable bonds is 3. The van der Waals surface area contributed by atoms with Crippen LogP contribution in [0.15, 0.2) is 23.1 Å². The van der Waals surface area contributed by atoms with Crippen molar-refractivity contribution in [1.82, 2.24) is 4.98 Å². The first-order chi connectivity index (χ1) is 8.06. The molecule has 90 valence electrons. The van der Waals surface area contributed by atoms with Crippen molar-refractivity contribution in [3.05, 3.63) is 39.6 Å². The maximum atomic E-state index is 13.1. The maximum absolute atomic E-state index is 13.1. The zero-order valence-electron chi connectivity index (χ0n) is 9.66. The highest BCUT2D eigenvalue weighted by molar-refractivity contribution is 7.98. The average molecular weight is 268 g/mol. The molecule has 0 radical (unpaired) electrons. The molecule has 0 spiro atoms. The van der Waals surface area contributed by atoms with Gasteiger partial charge in [-0.1, -0.05) is 0 Å². The van der Waals surface area contributed by atoms with Crippen molar-refractivity contribution in [2.24, 2.45) is 0 Å². The van der Waals surface area contributed by atoms with Crippen LogP contribution < -0.4 is 5.73 Å². The molecule has 0 saturated carbocycles. The first kappa shape index (κ1) is 12.4. The Kier molecular flexibility index (Phi) is 3.69. The van der Waals surface area contributed by atoms with Gasteiger partial charge in [0.25, 0.3) is 0 Å². The SMILES string of the molecule is Cc1nc(CSc2cc(F)ccc2N)sc1C. The van der Waals surface area contributed by atoms with E-state index in [0.29, 0.717) is 5.69 Å². The van der Waals surface area contributed by atoms with E-state index in [1.54, 1.807) is 17.4 Å². The number of anilines is 1. The van der Waals surface area contributed by atoms with Crippen molar-refractivity contribution >= 4 is 28.8 Å². The molecular formula is C12H13FN2S2. The normalized spacial score (nSPS) is 10.8. The molecule has 2 aromatic rings. The number of hydrogen-bond donors (Lipinski definition) is 1. The van der Waals surface area contributed by atoms with E-state index in [1.807, 2.05) is 6.92 Å². The van der Waals surface area contributed by atoms with Gasteiger partial charge in [-0.15, -0.1) is 23.1 Å². The number of aromatic nitrogens is 1. The van der Waals surface area contributed by atoms with Crippen LogP contribution in [0.5, 0.6) is 0 Å². The van der Waals surface area contributed by atoms with Gasteiger partial charge in [-0.2, -0.15) is 0 Å². The molecule has 2 N–H and O–H groups in total. The fraction of sp³-hybridized carbons (Fsp3) is 0.250. The molecule has 2 rings (SSSR count). The number of hydrogen-bond acceptors (Lipinski definition) is 4. The summed E-state index contributed by atoms with van der Waals surface area (Å²) in [7, 11) is 0. The number of nitrogen functional groups attached to an aromatic ring is 1. The lowest BCUT2D eigenvalue weighted by atomic mass is 10.3. The second-order valence-electron chi connectivity index (χ2n) is 3.72. The first-order valence-corrected chi connectivity index (χ1v) is 6.97. The average Bonchev–Trinajstić information content (AvgIpc) is 2.60. The third-order valence-electron chi connectivity index (χ3n) is 2.40. The van der Waals surface area contributed by atoms with Crippen molar-refractivity contribution in [3.63, 3.8) is 0 Å². The molecule has 1 aromatic heterocycles. The monoisotopic (exact) mass is 268 g/mol. The summed E-state index contributed by atoms with van der Waals surface area (Å²) in [5.41, 5.74) is 7.46. The second kappa shape index (κ2) is 5.06. The zero-order valence-corrected chi connectivity index (χ0v) is 11.3. The highest BCUT2D eigenvalue weighted by atomic mass is 32.2. The molecular weight excluding hydrogens is 255 g/mol.